The van der Waals surface area contributed by atoms with E-state index in [1.807, 2.05) is 0 Å². The molecule has 0 aromatic heterocycles. The maximum absolute atomic E-state index is 12.2. The molecule has 0 heterocycles. The van der Waals surface area contributed by atoms with Crippen LogP contribution in [0.4, 0.5) is 0 Å². The van der Waals surface area contributed by atoms with E-state index in [2.05, 4.69) is 0 Å². The predicted molar refractivity (Wildman–Crippen MR) is 75.0 cm³/mol. The average molecular weight is 272 g/mol. The van der Waals surface area contributed by atoms with E-state index in [1.165, 1.54) is 6.07 Å². The van der Waals surface area contributed by atoms with Crippen molar-refractivity contribution in [3.8, 4) is 11.5 Å². The first-order valence-electron chi connectivity index (χ1n) is 6.47. The molecule has 0 fully saturated rings. The van der Waals surface area contributed by atoms with Crippen LogP contribution >= 0.6 is 0 Å². The van der Waals surface area contributed by atoms with Gasteiger partial charge in [-0.1, -0.05) is 0 Å². The van der Waals surface area contributed by atoms with Gasteiger partial charge in [-0.2, -0.15) is 0 Å². The molecule has 2 aromatic carbocycles. The fourth-order valence-corrected chi connectivity index (χ4v) is 2.99. The lowest BCUT2D eigenvalue weighted by molar-refractivity contribution is -0.130. The monoisotopic (exact) mass is 272 g/mol. The summed E-state index contributed by atoms with van der Waals surface area (Å²) in [5.74, 6) is -0.161. The number of benzene rings is 2. The fourth-order valence-electron chi connectivity index (χ4n) is 2.99. The standard InChI is InChI=1S/C16H16O4/c1-7-4-8-9(5-11(7)17)13-10(6-12(8)18)16(2,3)15(20)14(13)19/h4-6,14,17-19H,1-3H3. The third kappa shape index (κ3) is 1.42. The lowest BCUT2D eigenvalue weighted by atomic mass is 9.84. The molecule has 3 rings (SSSR count). The summed E-state index contributed by atoms with van der Waals surface area (Å²) in [5, 5.41) is 31.3. The SMILES string of the molecule is Cc1cc2c(O)cc3c(c2cc1O)C(O)C(=O)C3(C)C. The van der Waals surface area contributed by atoms with Crippen molar-refractivity contribution >= 4 is 16.6 Å². The minimum atomic E-state index is -1.22. The van der Waals surface area contributed by atoms with Crippen molar-refractivity contribution in [1.82, 2.24) is 0 Å². The van der Waals surface area contributed by atoms with E-state index in [-0.39, 0.29) is 17.3 Å². The van der Waals surface area contributed by atoms with E-state index < -0.39 is 11.5 Å². The maximum Gasteiger partial charge on any atom is 0.175 e. The molecule has 0 aliphatic heterocycles. The van der Waals surface area contributed by atoms with Crippen molar-refractivity contribution in [1.29, 1.82) is 0 Å². The Kier molecular flexibility index (Phi) is 2.41. The number of aryl methyl sites for hydroxylation is 1. The van der Waals surface area contributed by atoms with Gasteiger partial charge < -0.3 is 15.3 Å². The molecular formula is C16H16O4. The third-order valence-electron chi connectivity index (χ3n) is 4.28. The number of aliphatic hydroxyl groups is 1. The summed E-state index contributed by atoms with van der Waals surface area (Å²) >= 11 is 0. The molecular weight excluding hydrogens is 256 g/mol. The van der Waals surface area contributed by atoms with Crippen molar-refractivity contribution in [3.63, 3.8) is 0 Å². The first kappa shape index (κ1) is 12.9. The summed E-state index contributed by atoms with van der Waals surface area (Å²) in [6, 6.07) is 4.70. The molecule has 0 amide bonds. The summed E-state index contributed by atoms with van der Waals surface area (Å²) < 4.78 is 0. The summed E-state index contributed by atoms with van der Waals surface area (Å²) in [6.07, 6.45) is -1.22. The van der Waals surface area contributed by atoms with Crippen molar-refractivity contribution < 1.29 is 20.1 Å². The summed E-state index contributed by atoms with van der Waals surface area (Å²) in [5.41, 5.74) is 0.887. The van der Waals surface area contributed by atoms with Crippen LogP contribution in [0.5, 0.6) is 11.5 Å². The van der Waals surface area contributed by atoms with Crippen molar-refractivity contribution in [2.75, 3.05) is 0 Å². The molecule has 0 spiro atoms. The van der Waals surface area contributed by atoms with Crippen LogP contribution in [-0.2, 0) is 10.2 Å². The van der Waals surface area contributed by atoms with Crippen LogP contribution in [-0.4, -0.2) is 21.1 Å². The Morgan fingerprint density at radius 2 is 1.70 bits per heavy atom. The normalized spacial score (nSPS) is 20.4. The number of carbonyl (C=O) groups excluding carboxylic acids is 1. The minimum absolute atomic E-state index is 0.0526. The van der Waals surface area contributed by atoms with Crippen molar-refractivity contribution in [2.45, 2.75) is 32.3 Å². The van der Waals surface area contributed by atoms with Gasteiger partial charge in [0.1, 0.15) is 17.6 Å². The number of fused-ring (bicyclic) bond motifs is 3. The number of Topliss-reactive ketones (excluding diaryl/α,β-unsaturated/α-hetero) is 1. The highest BCUT2D eigenvalue weighted by molar-refractivity contribution is 6.06. The Labute approximate surface area is 116 Å². The van der Waals surface area contributed by atoms with Crippen LogP contribution in [0.15, 0.2) is 18.2 Å². The molecule has 104 valence electrons. The lowest BCUT2D eigenvalue weighted by Gasteiger charge is -2.18. The van der Waals surface area contributed by atoms with E-state index >= 15 is 0 Å². The summed E-state index contributed by atoms with van der Waals surface area (Å²) in [7, 11) is 0. The molecule has 4 heteroatoms. The lowest BCUT2D eigenvalue weighted by Crippen LogP contribution is -2.25. The van der Waals surface area contributed by atoms with E-state index in [1.54, 1.807) is 32.9 Å². The molecule has 4 nitrogen and oxygen atoms in total. The van der Waals surface area contributed by atoms with Gasteiger partial charge in [-0.3, -0.25) is 4.79 Å². The van der Waals surface area contributed by atoms with Crippen LogP contribution in [0.1, 0.15) is 36.6 Å². The van der Waals surface area contributed by atoms with Gasteiger partial charge >= 0.3 is 0 Å². The van der Waals surface area contributed by atoms with E-state index in [4.69, 9.17) is 0 Å². The maximum atomic E-state index is 12.2. The van der Waals surface area contributed by atoms with Gasteiger partial charge in [-0.05, 0) is 55.5 Å². The number of phenolic OH excluding ortho intramolecular Hbond substituents is 2. The second-order valence-corrected chi connectivity index (χ2v) is 5.93. The Morgan fingerprint density at radius 3 is 2.35 bits per heavy atom. The zero-order valence-corrected chi connectivity index (χ0v) is 11.6. The number of aliphatic hydroxyl groups excluding tert-OH is 1. The second-order valence-electron chi connectivity index (χ2n) is 5.93. The molecule has 0 radical (unpaired) electrons. The topological polar surface area (TPSA) is 77.8 Å². The zero-order chi connectivity index (χ0) is 14.8. The van der Waals surface area contributed by atoms with Crippen LogP contribution < -0.4 is 0 Å². The third-order valence-corrected chi connectivity index (χ3v) is 4.28. The van der Waals surface area contributed by atoms with Gasteiger partial charge in [0.25, 0.3) is 0 Å². The molecule has 1 atom stereocenters. The van der Waals surface area contributed by atoms with Gasteiger partial charge in [-0.25, -0.2) is 0 Å². The van der Waals surface area contributed by atoms with Gasteiger partial charge in [0.05, 0.1) is 5.41 Å². The number of phenols is 2. The quantitative estimate of drug-likeness (QED) is 0.688. The Balaban J connectivity index is 2.50. The van der Waals surface area contributed by atoms with Gasteiger partial charge in [0.2, 0.25) is 0 Å². The summed E-state index contributed by atoms with van der Waals surface area (Å²) in [4.78, 5) is 12.2. The number of carbonyl (C=O) groups is 1. The predicted octanol–water partition coefficient (Wildman–Crippen LogP) is 2.45. The number of aromatic hydroxyl groups is 2. The molecule has 0 bridgehead atoms. The average Bonchev–Trinajstić information content (AvgIpc) is 2.54. The molecule has 1 aliphatic carbocycles. The van der Waals surface area contributed by atoms with Crippen LogP contribution in [0.3, 0.4) is 0 Å². The van der Waals surface area contributed by atoms with Crippen LogP contribution in [0.25, 0.3) is 10.8 Å². The Bertz CT molecular complexity index is 759. The Morgan fingerprint density at radius 1 is 1.05 bits per heavy atom. The highest BCUT2D eigenvalue weighted by Crippen LogP contribution is 2.48. The molecule has 0 saturated heterocycles. The fraction of sp³-hybridized carbons (Fsp3) is 0.312. The molecule has 3 N–H and O–H groups in total. The van der Waals surface area contributed by atoms with E-state index in [9.17, 15) is 20.1 Å². The van der Waals surface area contributed by atoms with Gasteiger partial charge in [-0.15, -0.1) is 0 Å². The van der Waals surface area contributed by atoms with Gasteiger partial charge in [0.15, 0.2) is 5.78 Å². The second kappa shape index (κ2) is 3.73. The minimum Gasteiger partial charge on any atom is -0.508 e. The number of hydrogen-bond donors (Lipinski definition) is 3. The molecule has 20 heavy (non-hydrogen) atoms. The van der Waals surface area contributed by atoms with Crippen molar-refractivity contribution in [2.24, 2.45) is 0 Å². The first-order valence-corrected chi connectivity index (χ1v) is 6.47. The van der Waals surface area contributed by atoms with Crippen LogP contribution in [0, 0.1) is 6.92 Å². The summed E-state index contributed by atoms with van der Waals surface area (Å²) in [6.45, 7) is 5.18. The molecule has 1 unspecified atom stereocenters. The number of ketones is 1. The van der Waals surface area contributed by atoms with Crippen molar-refractivity contribution in [3.05, 3.63) is 34.9 Å². The van der Waals surface area contributed by atoms with E-state index in [0.29, 0.717) is 27.5 Å². The smallest absolute Gasteiger partial charge is 0.175 e. The van der Waals surface area contributed by atoms with Gasteiger partial charge in [0, 0.05) is 10.9 Å². The first-order chi connectivity index (χ1) is 9.25. The van der Waals surface area contributed by atoms with Crippen LogP contribution in [0.2, 0.25) is 0 Å². The number of rotatable bonds is 0. The largest absolute Gasteiger partial charge is 0.508 e. The highest BCUT2D eigenvalue weighted by Gasteiger charge is 2.46. The number of hydrogen-bond acceptors (Lipinski definition) is 4. The van der Waals surface area contributed by atoms with E-state index in [0.717, 1.165) is 0 Å². The molecule has 0 saturated carbocycles. The Hall–Kier alpha value is -2.07. The molecule has 1 aliphatic rings. The zero-order valence-electron chi connectivity index (χ0n) is 11.6. The highest BCUT2D eigenvalue weighted by atomic mass is 16.3. The molecule has 2 aromatic rings.